The lowest BCUT2D eigenvalue weighted by atomic mass is 10.1. The molecule has 2 aromatic rings. The van der Waals surface area contributed by atoms with Crippen molar-refractivity contribution in [3.63, 3.8) is 0 Å². The maximum atomic E-state index is 13.7. The van der Waals surface area contributed by atoms with Gasteiger partial charge in [-0.25, -0.2) is 13.8 Å². The zero-order valence-corrected chi connectivity index (χ0v) is 12.6. The number of aromatic nitrogens is 1. The van der Waals surface area contributed by atoms with E-state index >= 15 is 0 Å². The summed E-state index contributed by atoms with van der Waals surface area (Å²) in [5, 5.41) is 2.79. The molecule has 2 atom stereocenters. The number of rotatable bonds is 5. The van der Waals surface area contributed by atoms with Crippen molar-refractivity contribution in [3.05, 3.63) is 59.3 Å². The van der Waals surface area contributed by atoms with Gasteiger partial charge in [0.05, 0.1) is 7.11 Å². The maximum Gasteiger partial charge on any atom is 0.224 e. The average molecular weight is 318 g/mol. The van der Waals surface area contributed by atoms with Gasteiger partial charge in [-0.05, 0) is 30.0 Å². The first-order chi connectivity index (χ1) is 11.1. The van der Waals surface area contributed by atoms with Crippen molar-refractivity contribution < 1.29 is 18.3 Å². The van der Waals surface area contributed by atoms with Gasteiger partial charge in [-0.1, -0.05) is 18.2 Å². The molecule has 1 aromatic heterocycles. The van der Waals surface area contributed by atoms with Crippen LogP contribution in [0.15, 0.2) is 36.5 Å². The highest BCUT2D eigenvalue weighted by Gasteiger charge is 2.45. The summed E-state index contributed by atoms with van der Waals surface area (Å²) in [5.41, 5.74) is 1.03. The fourth-order valence-electron chi connectivity index (χ4n) is 2.69. The van der Waals surface area contributed by atoms with Gasteiger partial charge in [0.15, 0.2) is 11.6 Å². The van der Waals surface area contributed by atoms with E-state index in [2.05, 4.69) is 10.3 Å². The Morgan fingerprint density at radius 1 is 1.35 bits per heavy atom. The summed E-state index contributed by atoms with van der Waals surface area (Å²) in [7, 11) is 1.51. The SMILES string of the molecule is COc1ncccc1CNC(=O)[C@@H]1C[C@@H]1c1cccc(F)c1F. The van der Waals surface area contributed by atoms with E-state index in [1.165, 1.54) is 19.2 Å². The molecule has 1 N–H and O–H groups in total. The van der Waals surface area contributed by atoms with E-state index in [0.717, 1.165) is 11.6 Å². The Balaban J connectivity index is 1.62. The normalized spacial score (nSPS) is 19.3. The first-order valence-corrected chi connectivity index (χ1v) is 7.31. The van der Waals surface area contributed by atoms with Crippen LogP contribution in [0.4, 0.5) is 8.78 Å². The van der Waals surface area contributed by atoms with Crippen molar-refractivity contribution in [3.8, 4) is 5.88 Å². The number of halogens is 2. The van der Waals surface area contributed by atoms with Crippen LogP contribution in [0.1, 0.15) is 23.5 Å². The van der Waals surface area contributed by atoms with Gasteiger partial charge in [0.1, 0.15) is 0 Å². The molecule has 0 radical (unpaired) electrons. The Kier molecular flexibility index (Phi) is 4.23. The maximum absolute atomic E-state index is 13.7. The first-order valence-electron chi connectivity index (χ1n) is 7.31. The molecule has 1 saturated carbocycles. The van der Waals surface area contributed by atoms with E-state index in [1.54, 1.807) is 12.3 Å². The highest BCUT2D eigenvalue weighted by atomic mass is 19.2. The summed E-state index contributed by atoms with van der Waals surface area (Å²) in [5.74, 6) is -2.05. The third-order valence-electron chi connectivity index (χ3n) is 4.00. The number of carbonyl (C=O) groups excluding carboxylic acids is 1. The molecule has 1 heterocycles. The molecule has 0 bridgehead atoms. The third-order valence-corrected chi connectivity index (χ3v) is 4.00. The topological polar surface area (TPSA) is 51.2 Å². The predicted molar refractivity (Wildman–Crippen MR) is 79.8 cm³/mol. The molecule has 23 heavy (non-hydrogen) atoms. The second kappa shape index (κ2) is 6.32. The molecule has 6 heteroatoms. The lowest BCUT2D eigenvalue weighted by Crippen LogP contribution is -2.25. The van der Waals surface area contributed by atoms with Crippen LogP contribution in [0.5, 0.6) is 5.88 Å². The Morgan fingerprint density at radius 3 is 2.96 bits per heavy atom. The molecule has 1 aromatic carbocycles. The third kappa shape index (κ3) is 3.16. The van der Waals surface area contributed by atoms with Crippen LogP contribution in [0.2, 0.25) is 0 Å². The minimum absolute atomic E-state index is 0.176. The molecular weight excluding hydrogens is 302 g/mol. The molecule has 1 aliphatic carbocycles. The van der Waals surface area contributed by atoms with Crippen LogP contribution in [0.3, 0.4) is 0 Å². The average Bonchev–Trinajstić information content (AvgIpc) is 3.36. The summed E-state index contributed by atoms with van der Waals surface area (Å²) >= 11 is 0. The van der Waals surface area contributed by atoms with Crippen LogP contribution in [-0.2, 0) is 11.3 Å². The van der Waals surface area contributed by atoms with E-state index in [9.17, 15) is 13.6 Å². The highest BCUT2D eigenvalue weighted by molar-refractivity contribution is 5.82. The molecule has 0 saturated heterocycles. The van der Waals surface area contributed by atoms with Crippen molar-refractivity contribution in [2.45, 2.75) is 18.9 Å². The standard InChI is InChI=1S/C17H16F2N2O2/c1-23-17-10(4-3-7-20-17)9-21-16(22)13-8-12(13)11-5-2-6-14(18)15(11)19/h2-7,12-13H,8-9H2,1H3,(H,21,22)/t12-,13-/m1/s1. The lowest BCUT2D eigenvalue weighted by molar-refractivity contribution is -0.122. The van der Waals surface area contributed by atoms with Crippen LogP contribution < -0.4 is 10.1 Å². The van der Waals surface area contributed by atoms with Gasteiger partial charge in [-0.3, -0.25) is 4.79 Å². The number of hydrogen-bond donors (Lipinski definition) is 1. The fourth-order valence-corrected chi connectivity index (χ4v) is 2.69. The molecule has 0 spiro atoms. The molecule has 3 rings (SSSR count). The first kappa shape index (κ1) is 15.4. The fraction of sp³-hybridized carbons (Fsp3) is 0.294. The minimum atomic E-state index is -0.881. The van der Waals surface area contributed by atoms with Crippen molar-refractivity contribution in [2.24, 2.45) is 5.92 Å². The van der Waals surface area contributed by atoms with Crippen molar-refractivity contribution in [1.29, 1.82) is 0 Å². The quantitative estimate of drug-likeness (QED) is 0.922. The van der Waals surface area contributed by atoms with Crippen LogP contribution >= 0.6 is 0 Å². The Morgan fingerprint density at radius 2 is 2.17 bits per heavy atom. The van der Waals surface area contributed by atoms with Crippen LogP contribution in [0.25, 0.3) is 0 Å². The number of methoxy groups -OCH3 is 1. The van der Waals surface area contributed by atoms with Crippen molar-refractivity contribution >= 4 is 5.91 Å². The monoisotopic (exact) mass is 318 g/mol. The van der Waals surface area contributed by atoms with Gasteiger partial charge in [0.25, 0.3) is 0 Å². The number of hydrogen-bond acceptors (Lipinski definition) is 3. The number of benzene rings is 1. The number of nitrogens with one attached hydrogen (secondary N) is 1. The van der Waals surface area contributed by atoms with Gasteiger partial charge in [0.2, 0.25) is 11.8 Å². The summed E-state index contributed by atoms with van der Waals surface area (Å²) in [6, 6.07) is 7.63. The van der Waals surface area contributed by atoms with E-state index in [4.69, 9.17) is 4.74 Å². The molecule has 0 aliphatic heterocycles. The van der Waals surface area contributed by atoms with E-state index < -0.39 is 11.6 Å². The van der Waals surface area contributed by atoms with Gasteiger partial charge in [-0.2, -0.15) is 0 Å². The van der Waals surface area contributed by atoms with E-state index in [-0.39, 0.29) is 29.9 Å². The van der Waals surface area contributed by atoms with Gasteiger partial charge in [-0.15, -0.1) is 0 Å². The minimum Gasteiger partial charge on any atom is -0.481 e. The second-order valence-electron chi connectivity index (χ2n) is 5.48. The molecule has 1 aliphatic rings. The molecule has 4 nitrogen and oxygen atoms in total. The predicted octanol–water partition coefficient (Wildman–Crippen LogP) is 2.79. The molecule has 1 fully saturated rings. The number of pyridine rings is 1. The zero-order valence-electron chi connectivity index (χ0n) is 12.6. The van der Waals surface area contributed by atoms with Gasteiger partial charge < -0.3 is 10.1 Å². The number of amides is 1. The summed E-state index contributed by atoms with van der Waals surface area (Å²) < 4.78 is 32.1. The summed E-state index contributed by atoms with van der Waals surface area (Å²) in [6.45, 7) is 0.282. The number of carbonyl (C=O) groups is 1. The second-order valence-corrected chi connectivity index (χ2v) is 5.48. The van der Waals surface area contributed by atoms with Gasteiger partial charge >= 0.3 is 0 Å². The molecule has 1 amide bonds. The Hall–Kier alpha value is -2.50. The number of nitrogens with zero attached hydrogens (tertiary/aromatic N) is 1. The van der Waals surface area contributed by atoms with Crippen LogP contribution in [0, 0.1) is 17.6 Å². The van der Waals surface area contributed by atoms with Crippen molar-refractivity contribution in [2.75, 3.05) is 7.11 Å². The van der Waals surface area contributed by atoms with Crippen molar-refractivity contribution in [1.82, 2.24) is 10.3 Å². The smallest absolute Gasteiger partial charge is 0.224 e. The molecular formula is C17H16F2N2O2. The number of ether oxygens (including phenoxy) is 1. The lowest BCUT2D eigenvalue weighted by Gasteiger charge is -2.08. The van der Waals surface area contributed by atoms with E-state index in [0.29, 0.717) is 12.3 Å². The van der Waals surface area contributed by atoms with E-state index in [1.807, 2.05) is 6.07 Å². The molecule has 120 valence electrons. The highest BCUT2D eigenvalue weighted by Crippen LogP contribution is 2.48. The van der Waals surface area contributed by atoms with Crippen LogP contribution in [-0.4, -0.2) is 18.0 Å². The largest absolute Gasteiger partial charge is 0.481 e. The Bertz CT molecular complexity index is 736. The van der Waals surface area contributed by atoms with Gasteiger partial charge in [0, 0.05) is 24.2 Å². The molecule has 0 unspecified atom stereocenters. The zero-order chi connectivity index (χ0) is 16.4. The Labute approximate surface area is 132 Å². The summed E-state index contributed by atoms with van der Waals surface area (Å²) in [4.78, 5) is 16.2. The summed E-state index contributed by atoms with van der Waals surface area (Å²) in [6.07, 6.45) is 2.13.